The fraction of sp³-hybridized carbons (Fsp3) is 0.364. The number of rotatable bonds is 6. The molecule has 2 aliphatic heterocycles. The molecule has 0 atom stereocenters. The Morgan fingerprint density at radius 3 is 2.41 bits per heavy atom. The minimum atomic E-state index is -3.88. The predicted molar refractivity (Wildman–Crippen MR) is 125 cm³/mol. The van der Waals surface area contributed by atoms with Crippen molar-refractivity contribution in [3.05, 3.63) is 58.1 Å². The van der Waals surface area contributed by atoms with Gasteiger partial charge in [-0.1, -0.05) is 0 Å². The molecule has 0 aromatic heterocycles. The van der Waals surface area contributed by atoms with Crippen molar-refractivity contribution in [1.29, 1.82) is 0 Å². The van der Waals surface area contributed by atoms with Gasteiger partial charge in [-0.3, -0.25) is 19.7 Å². The van der Waals surface area contributed by atoms with Gasteiger partial charge < -0.3 is 15.1 Å². The Balaban J connectivity index is 1.35. The lowest BCUT2D eigenvalue weighted by Crippen LogP contribution is -2.51. The van der Waals surface area contributed by atoms with Gasteiger partial charge in [0, 0.05) is 63.2 Å². The number of sulfonamides is 1. The van der Waals surface area contributed by atoms with Crippen LogP contribution in [0, 0.1) is 10.1 Å². The third-order valence-electron chi connectivity index (χ3n) is 6.10. The molecule has 0 unspecified atom stereocenters. The third kappa shape index (κ3) is 4.87. The van der Waals surface area contributed by atoms with E-state index < -0.39 is 14.9 Å². The second-order valence-electron chi connectivity index (χ2n) is 8.27. The molecule has 2 aromatic carbocycles. The maximum absolute atomic E-state index is 13.0. The summed E-state index contributed by atoms with van der Waals surface area (Å²) in [5, 5.41) is 13.5. The smallest absolute Gasteiger partial charge is 0.269 e. The van der Waals surface area contributed by atoms with Crippen molar-refractivity contribution < 1.29 is 22.9 Å². The summed E-state index contributed by atoms with van der Waals surface area (Å²) >= 11 is 0. The van der Waals surface area contributed by atoms with Crippen LogP contribution in [0.1, 0.15) is 12.0 Å². The summed E-state index contributed by atoms with van der Waals surface area (Å²) in [4.78, 5) is 38.4. The Bertz CT molecular complexity index is 1220. The molecule has 11 nitrogen and oxygen atoms in total. The second kappa shape index (κ2) is 9.39. The highest BCUT2D eigenvalue weighted by atomic mass is 32.2. The lowest BCUT2D eigenvalue weighted by Gasteiger charge is -2.36. The summed E-state index contributed by atoms with van der Waals surface area (Å²) < 4.78 is 27.1. The number of anilines is 2. The van der Waals surface area contributed by atoms with Crippen LogP contribution in [-0.2, 0) is 26.0 Å². The van der Waals surface area contributed by atoms with Gasteiger partial charge in [-0.2, -0.15) is 4.31 Å². The number of non-ortho nitro benzene ring substituents is 1. The average Bonchev–Trinajstić information content (AvgIpc) is 2.83. The summed E-state index contributed by atoms with van der Waals surface area (Å²) in [6.07, 6.45) is 0.767. The number of nitro benzene ring substituents is 1. The largest absolute Gasteiger partial charge is 0.368 e. The van der Waals surface area contributed by atoms with E-state index in [9.17, 15) is 28.1 Å². The van der Waals surface area contributed by atoms with Crippen LogP contribution in [0.15, 0.2) is 47.4 Å². The number of fused-ring (bicyclic) bond motifs is 1. The van der Waals surface area contributed by atoms with Gasteiger partial charge in [0.25, 0.3) is 5.69 Å². The molecule has 2 heterocycles. The van der Waals surface area contributed by atoms with Crippen LogP contribution in [0.3, 0.4) is 0 Å². The zero-order chi connectivity index (χ0) is 24.5. The second-order valence-corrected chi connectivity index (χ2v) is 10.3. The predicted octanol–water partition coefficient (Wildman–Crippen LogP) is 1.45. The van der Waals surface area contributed by atoms with E-state index in [4.69, 9.17) is 0 Å². The summed E-state index contributed by atoms with van der Waals surface area (Å²) in [5.74, 6) is -0.390. The average molecular weight is 488 g/mol. The first kappa shape index (κ1) is 23.6. The van der Waals surface area contributed by atoms with Crippen LogP contribution in [0.25, 0.3) is 0 Å². The number of aryl methyl sites for hydroxylation is 1. The van der Waals surface area contributed by atoms with Gasteiger partial charge in [-0.05, 0) is 42.3 Å². The van der Waals surface area contributed by atoms with E-state index in [2.05, 4.69) is 5.32 Å². The van der Waals surface area contributed by atoms with Gasteiger partial charge in [0.05, 0.1) is 16.4 Å². The zero-order valence-electron chi connectivity index (χ0n) is 18.6. The Morgan fingerprint density at radius 1 is 1.09 bits per heavy atom. The quantitative estimate of drug-likeness (QED) is 0.482. The van der Waals surface area contributed by atoms with Gasteiger partial charge in [0.15, 0.2) is 0 Å². The minimum absolute atomic E-state index is 0.0190. The first-order chi connectivity index (χ1) is 16.1. The van der Waals surface area contributed by atoms with Crippen molar-refractivity contribution in [2.24, 2.45) is 0 Å². The van der Waals surface area contributed by atoms with E-state index in [1.807, 2.05) is 4.90 Å². The monoisotopic (exact) mass is 487 g/mol. The molecular weight excluding hydrogens is 462 g/mol. The fourth-order valence-corrected chi connectivity index (χ4v) is 5.25. The van der Waals surface area contributed by atoms with Gasteiger partial charge in [-0.25, -0.2) is 8.42 Å². The van der Waals surface area contributed by atoms with Crippen LogP contribution in [0.5, 0.6) is 0 Å². The van der Waals surface area contributed by atoms with Crippen molar-refractivity contribution in [2.75, 3.05) is 50.0 Å². The first-order valence-electron chi connectivity index (χ1n) is 10.8. The van der Waals surface area contributed by atoms with Crippen LogP contribution < -0.4 is 10.2 Å². The molecule has 4 rings (SSSR count). The standard InChI is InChI=1S/C22H25N5O6S/c1-24(34(32,33)19-7-8-20-16(14-19)2-9-21(28)23-20)15-22(29)26-12-10-25(11-13-26)17-3-5-18(6-4-17)27(30)31/h3-8,14H,2,9-13,15H2,1H3,(H,23,28). The van der Waals surface area contributed by atoms with Crippen LogP contribution >= 0.6 is 0 Å². The fourth-order valence-electron chi connectivity index (χ4n) is 4.07. The van der Waals surface area contributed by atoms with Crippen molar-refractivity contribution in [1.82, 2.24) is 9.21 Å². The van der Waals surface area contributed by atoms with Gasteiger partial charge in [0.2, 0.25) is 21.8 Å². The molecule has 2 aliphatic rings. The highest BCUT2D eigenvalue weighted by Crippen LogP contribution is 2.27. The minimum Gasteiger partial charge on any atom is -0.368 e. The maximum Gasteiger partial charge on any atom is 0.269 e. The summed E-state index contributed by atoms with van der Waals surface area (Å²) in [7, 11) is -2.50. The van der Waals surface area contributed by atoms with E-state index in [0.717, 1.165) is 15.6 Å². The Morgan fingerprint density at radius 2 is 1.76 bits per heavy atom. The number of nitro groups is 1. The zero-order valence-corrected chi connectivity index (χ0v) is 19.5. The van der Waals surface area contributed by atoms with E-state index in [1.165, 1.54) is 25.2 Å². The SMILES string of the molecule is CN(CC(=O)N1CCN(c2ccc([N+](=O)[O-])cc2)CC1)S(=O)(=O)c1ccc2c(c1)CCC(=O)N2. The maximum atomic E-state index is 13.0. The molecule has 0 bridgehead atoms. The van der Waals surface area contributed by atoms with Crippen molar-refractivity contribution in [3.63, 3.8) is 0 Å². The Labute approximate surface area is 197 Å². The molecule has 1 saturated heterocycles. The highest BCUT2D eigenvalue weighted by molar-refractivity contribution is 7.89. The van der Waals surface area contributed by atoms with Crippen molar-refractivity contribution in [2.45, 2.75) is 17.7 Å². The molecule has 2 aromatic rings. The third-order valence-corrected chi connectivity index (χ3v) is 7.90. The van der Waals surface area contributed by atoms with Gasteiger partial charge >= 0.3 is 0 Å². The molecule has 0 saturated carbocycles. The van der Waals surface area contributed by atoms with Crippen molar-refractivity contribution >= 4 is 38.9 Å². The van der Waals surface area contributed by atoms with E-state index in [0.29, 0.717) is 44.7 Å². The van der Waals surface area contributed by atoms with Crippen LogP contribution in [-0.4, -0.2) is 74.1 Å². The molecular formula is C22H25N5O6S. The lowest BCUT2D eigenvalue weighted by molar-refractivity contribution is -0.384. The number of nitrogens with zero attached hydrogens (tertiary/aromatic N) is 4. The molecule has 34 heavy (non-hydrogen) atoms. The Kier molecular flexibility index (Phi) is 6.53. The van der Waals surface area contributed by atoms with Gasteiger partial charge in [0.1, 0.15) is 0 Å². The number of carbonyl (C=O) groups is 2. The highest BCUT2D eigenvalue weighted by Gasteiger charge is 2.28. The molecule has 0 aliphatic carbocycles. The normalized spacial score (nSPS) is 16.2. The topological polar surface area (TPSA) is 133 Å². The van der Waals surface area contributed by atoms with Crippen molar-refractivity contribution in [3.8, 4) is 0 Å². The van der Waals surface area contributed by atoms with E-state index >= 15 is 0 Å². The van der Waals surface area contributed by atoms with E-state index in [-0.39, 0.29) is 28.9 Å². The molecule has 180 valence electrons. The molecule has 0 spiro atoms. The summed E-state index contributed by atoms with van der Waals surface area (Å²) in [6, 6.07) is 10.8. The van der Waals surface area contributed by atoms with Crippen LogP contribution in [0.2, 0.25) is 0 Å². The summed E-state index contributed by atoms with van der Waals surface area (Å²) in [5.41, 5.74) is 2.22. The number of nitrogens with one attached hydrogen (secondary N) is 1. The molecule has 12 heteroatoms. The first-order valence-corrected chi connectivity index (χ1v) is 12.3. The molecule has 1 N–H and O–H groups in total. The lowest BCUT2D eigenvalue weighted by atomic mass is 10.0. The molecule has 1 fully saturated rings. The van der Waals surface area contributed by atoms with E-state index in [1.54, 1.807) is 29.2 Å². The number of hydrogen-bond donors (Lipinski definition) is 1. The number of benzene rings is 2. The Hall–Kier alpha value is -3.51. The number of amides is 2. The van der Waals surface area contributed by atoms with Crippen LogP contribution in [0.4, 0.5) is 17.1 Å². The number of hydrogen-bond acceptors (Lipinski definition) is 7. The molecule has 2 amide bonds. The number of likely N-dealkylation sites (N-methyl/N-ethyl adjacent to an activating group) is 1. The number of piperazine rings is 1. The number of carbonyl (C=O) groups excluding carboxylic acids is 2. The van der Waals surface area contributed by atoms with Gasteiger partial charge in [-0.15, -0.1) is 0 Å². The molecule has 0 radical (unpaired) electrons. The summed E-state index contributed by atoms with van der Waals surface area (Å²) in [6.45, 7) is 1.63.